The van der Waals surface area contributed by atoms with Crippen molar-refractivity contribution < 1.29 is 4.74 Å². The molecular weight excluding hydrogens is 178 g/mol. The van der Waals surface area contributed by atoms with Crippen molar-refractivity contribution in [2.45, 2.75) is 33.3 Å². The fourth-order valence-corrected chi connectivity index (χ4v) is 0.946. The van der Waals surface area contributed by atoms with E-state index in [2.05, 4.69) is 15.6 Å². The maximum Gasteiger partial charge on any atom is 0.284 e. The van der Waals surface area contributed by atoms with Crippen LogP contribution in [0.5, 0.6) is 0 Å². The Morgan fingerprint density at radius 3 is 2.64 bits per heavy atom. The van der Waals surface area contributed by atoms with Crippen molar-refractivity contribution in [3.05, 3.63) is 0 Å². The van der Waals surface area contributed by atoms with Crippen molar-refractivity contribution in [1.82, 2.24) is 10.6 Å². The minimum atomic E-state index is 0.178. The molecule has 14 heavy (non-hydrogen) atoms. The van der Waals surface area contributed by atoms with Gasteiger partial charge in [-0.1, -0.05) is 0 Å². The van der Waals surface area contributed by atoms with Crippen molar-refractivity contribution >= 4 is 6.02 Å². The minimum absolute atomic E-state index is 0.178. The number of amidine groups is 1. The molecule has 0 bridgehead atoms. The summed E-state index contributed by atoms with van der Waals surface area (Å²) in [6, 6.07) is 0.665. The average molecular weight is 201 g/mol. The summed E-state index contributed by atoms with van der Waals surface area (Å²) >= 11 is 0. The molecule has 0 amide bonds. The molecule has 0 aromatic carbocycles. The van der Waals surface area contributed by atoms with E-state index in [4.69, 9.17) is 4.74 Å². The lowest BCUT2D eigenvalue weighted by Crippen LogP contribution is -2.28. The zero-order valence-electron chi connectivity index (χ0n) is 9.76. The number of nitrogens with one attached hydrogen (secondary N) is 2. The van der Waals surface area contributed by atoms with E-state index >= 15 is 0 Å². The van der Waals surface area contributed by atoms with Crippen molar-refractivity contribution in [3.63, 3.8) is 0 Å². The van der Waals surface area contributed by atoms with Gasteiger partial charge in [-0.25, -0.2) is 4.99 Å². The Morgan fingerprint density at radius 2 is 2.14 bits per heavy atom. The van der Waals surface area contributed by atoms with E-state index in [1.54, 1.807) is 0 Å². The quantitative estimate of drug-likeness (QED) is 0.383. The van der Waals surface area contributed by atoms with Gasteiger partial charge >= 0.3 is 0 Å². The van der Waals surface area contributed by atoms with Gasteiger partial charge in [0, 0.05) is 13.1 Å². The number of hydrogen-bond acceptors (Lipinski definition) is 3. The summed E-state index contributed by atoms with van der Waals surface area (Å²) in [7, 11) is 1.94. The van der Waals surface area contributed by atoms with E-state index in [1.165, 1.54) is 0 Å². The Labute approximate surface area is 87.1 Å². The summed E-state index contributed by atoms with van der Waals surface area (Å²) in [6.07, 6.45) is 1.21. The Balaban J connectivity index is 3.79. The minimum Gasteiger partial charge on any atom is -0.463 e. The fraction of sp³-hybridized carbons (Fsp3) is 0.900. The Hall–Kier alpha value is -0.770. The summed E-state index contributed by atoms with van der Waals surface area (Å²) in [6.45, 7) is 8.67. The van der Waals surface area contributed by atoms with E-state index in [0.717, 1.165) is 26.1 Å². The van der Waals surface area contributed by atoms with Crippen LogP contribution in [0.1, 0.15) is 27.2 Å². The van der Waals surface area contributed by atoms with E-state index in [9.17, 15) is 0 Å². The van der Waals surface area contributed by atoms with Gasteiger partial charge in [-0.2, -0.15) is 0 Å². The zero-order valence-corrected chi connectivity index (χ0v) is 9.76. The molecule has 0 spiro atoms. The van der Waals surface area contributed by atoms with Crippen LogP contribution in [0, 0.1) is 0 Å². The third-order valence-electron chi connectivity index (χ3n) is 1.52. The van der Waals surface area contributed by atoms with Gasteiger partial charge < -0.3 is 15.4 Å². The molecule has 0 saturated heterocycles. The second-order valence-electron chi connectivity index (χ2n) is 3.34. The standard InChI is InChI=1S/C10H23N3O/c1-5-12-10(14-9(2)3)13-8-6-7-11-4/h9,11H,5-8H2,1-4H3,(H,12,13). The first kappa shape index (κ1) is 13.2. The predicted octanol–water partition coefficient (Wildman–Crippen LogP) is 0.986. The molecule has 0 aliphatic rings. The maximum atomic E-state index is 5.49. The summed E-state index contributed by atoms with van der Waals surface area (Å²) in [5, 5.41) is 6.18. The van der Waals surface area contributed by atoms with Gasteiger partial charge in [0.1, 0.15) is 0 Å². The van der Waals surface area contributed by atoms with E-state index in [0.29, 0.717) is 6.02 Å². The van der Waals surface area contributed by atoms with Gasteiger partial charge in [-0.3, -0.25) is 0 Å². The van der Waals surface area contributed by atoms with Gasteiger partial charge in [-0.05, 0) is 40.8 Å². The lowest BCUT2D eigenvalue weighted by atomic mass is 10.4. The highest BCUT2D eigenvalue weighted by Crippen LogP contribution is 1.90. The molecule has 0 fully saturated rings. The Bertz CT molecular complexity index is 157. The normalized spacial score (nSPS) is 11.9. The first-order chi connectivity index (χ1) is 6.70. The average Bonchev–Trinajstić information content (AvgIpc) is 2.12. The van der Waals surface area contributed by atoms with Crippen LogP contribution in [0.2, 0.25) is 0 Å². The first-order valence-corrected chi connectivity index (χ1v) is 5.30. The van der Waals surface area contributed by atoms with Gasteiger partial charge in [0.05, 0.1) is 6.10 Å². The Morgan fingerprint density at radius 1 is 1.43 bits per heavy atom. The molecule has 84 valence electrons. The monoisotopic (exact) mass is 201 g/mol. The van der Waals surface area contributed by atoms with Crippen LogP contribution in [0.25, 0.3) is 0 Å². The van der Waals surface area contributed by atoms with Gasteiger partial charge in [-0.15, -0.1) is 0 Å². The van der Waals surface area contributed by atoms with E-state index < -0.39 is 0 Å². The lowest BCUT2D eigenvalue weighted by Gasteiger charge is -2.12. The number of nitrogens with zero attached hydrogens (tertiary/aromatic N) is 1. The summed E-state index contributed by atoms with van der Waals surface area (Å²) < 4.78 is 5.49. The second-order valence-corrected chi connectivity index (χ2v) is 3.34. The summed E-state index contributed by atoms with van der Waals surface area (Å²) in [5.41, 5.74) is 0. The molecule has 0 saturated carbocycles. The van der Waals surface area contributed by atoms with Crippen LogP contribution in [0.15, 0.2) is 4.99 Å². The second kappa shape index (κ2) is 8.81. The van der Waals surface area contributed by atoms with Crippen LogP contribution >= 0.6 is 0 Å². The molecule has 0 aromatic heterocycles. The number of aliphatic imine (C=N–C) groups is 1. The van der Waals surface area contributed by atoms with Crippen LogP contribution in [0.3, 0.4) is 0 Å². The highest BCUT2D eigenvalue weighted by molar-refractivity contribution is 5.73. The van der Waals surface area contributed by atoms with Crippen molar-refractivity contribution in [1.29, 1.82) is 0 Å². The molecule has 0 radical (unpaired) electrons. The Kier molecular flexibility index (Phi) is 8.33. The molecule has 0 rings (SSSR count). The first-order valence-electron chi connectivity index (χ1n) is 5.30. The molecular formula is C10H23N3O. The topological polar surface area (TPSA) is 45.7 Å². The molecule has 0 heterocycles. The maximum absolute atomic E-state index is 5.49. The highest BCUT2D eigenvalue weighted by Gasteiger charge is 2.00. The molecule has 0 atom stereocenters. The molecule has 0 aliphatic carbocycles. The van der Waals surface area contributed by atoms with Crippen LogP contribution < -0.4 is 10.6 Å². The summed E-state index contributed by atoms with van der Waals surface area (Å²) in [5.74, 6) is 0. The number of hydrogen-bond donors (Lipinski definition) is 2. The predicted molar refractivity (Wildman–Crippen MR) is 60.7 cm³/mol. The van der Waals surface area contributed by atoms with Gasteiger partial charge in [0.2, 0.25) is 0 Å². The molecule has 0 aromatic rings. The highest BCUT2D eigenvalue weighted by atomic mass is 16.5. The molecule has 4 heteroatoms. The van der Waals surface area contributed by atoms with E-state index in [-0.39, 0.29) is 6.10 Å². The number of rotatable bonds is 6. The lowest BCUT2D eigenvalue weighted by molar-refractivity contribution is 0.216. The summed E-state index contributed by atoms with van der Waals surface area (Å²) in [4.78, 5) is 4.33. The molecule has 0 unspecified atom stereocenters. The van der Waals surface area contributed by atoms with Crippen LogP contribution in [-0.2, 0) is 4.74 Å². The van der Waals surface area contributed by atoms with Crippen molar-refractivity contribution in [2.24, 2.45) is 4.99 Å². The van der Waals surface area contributed by atoms with Crippen molar-refractivity contribution in [3.8, 4) is 0 Å². The van der Waals surface area contributed by atoms with Crippen molar-refractivity contribution in [2.75, 3.05) is 26.7 Å². The molecule has 4 nitrogen and oxygen atoms in total. The largest absolute Gasteiger partial charge is 0.463 e. The van der Waals surface area contributed by atoms with E-state index in [1.807, 2.05) is 27.8 Å². The smallest absolute Gasteiger partial charge is 0.284 e. The third-order valence-corrected chi connectivity index (χ3v) is 1.52. The SMILES string of the molecule is CCNC(=NCCCNC)OC(C)C. The zero-order chi connectivity index (χ0) is 10.8. The van der Waals surface area contributed by atoms with Crippen LogP contribution in [0.4, 0.5) is 0 Å². The fourth-order valence-electron chi connectivity index (χ4n) is 0.946. The third kappa shape index (κ3) is 7.86. The van der Waals surface area contributed by atoms with Gasteiger partial charge in [0.25, 0.3) is 6.02 Å². The van der Waals surface area contributed by atoms with Crippen LogP contribution in [-0.4, -0.2) is 38.8 Å². The molecule has 2 N–H and O–H groups in total. The molecule has 0 aliphatic heterocycles. The number of ether oxygens (including phenoxy) is 1. The van der Waals surface area contributed by atoms with Gasteiger partial charge in [0.15, 0.2) is 0 Å².